The van der Waals surface area contributed by atoms with Gasteiger partial charge in [0, 0.05) is 12.1 Å². The van der Waals surface area contributed by atoms with E-state index in [0.29, 0.717) is 29.0 Å². The maximum Gasteiger partial charge on any atom is 0.240 e. The summed E-state index contributed by atoms with van der Waals surface area (Å²) < 4.78 is 11.3. The van der Waals surface area contributed by atoms with E-state index in [1.807, 2.05) is 60.7 Å². The Morgan fingerprint density at radius 2 is 1.80 bits per heavy atom. The molecule has 178 valence electrons. The zero-order chi connectivity index (χ0) is 24.5. The number of hydrogen-bond donors (Lipinski definition) is 2. The van der Waals surface area contributed by atoms with Gasteiger partial charge in [-0.25, -0.2) is 0 Å². The molecule has 0 aliphatic carbocycles. The summed E-state index contributed by atoms with van der Waals surface area (Å²) in [5.74, 6) is 0.684. The van der Waals surface area contributed by atoms with Gasteiger partial charge in [0.2, 0.25) is 11.8 Å². The number of rotatable bonds is 9. The Labute approximate surface area is 207 Å². The maximum atomic E-state index is 12.3. The van der Waals surface area contributed by atoms with E-state index < -0.39 is 5.25 Å². The highest BCUT2D eigenvalue weighted by Crippen LogP contribution is 2.28. The van der Waals surface area contributed by atoms with Crippen molar-refractivity contribution in [2.75, 3.05) is 12.4 Å². The van der Waals surface area contributed by atoms with Crippen LogP contribution in [0.15, 0.2) is 89.1 Å². The highest BCUT2D eigenvalue weighted by atomic mass is 32.2. The number of thioether (sulfide) groups is 1. The fraction of sp³-hybridized carbons (Fsp3) is 0.154. The van der Waals surface area contributed by atoms with Crippen molar-refractivity contribution in [1.82, 2.24) is 5.32 Å². The number of amidine groups is 1. The van der Waals surface area contributed by atoms with Gasteiger partial charge in [-0.2, -0.15) is 5.10 Å². The number of methoxy groups -OCH3 is 1. The summed E-state index contributed by atoms with van der Waals surface area (Å²) in [7, 11) is 1.58. The number of ether oxygens (including phenoxy) is 2. The molecule has 0 unspecified atom stereocenters. The van der Waals surface area contributed by atoms with E-state index in [2.05, 4.69) is 20.8 Å². The number of para-hydroxylation sites is 1. The van der Waals surface area contributed by atoms with E-state index in [0.717, 1.165) is 11.1 Å². The van der Waals surface area contributed by atoms with Crippen LogP contribution in [0.5, 0.6) is 11.5 Å². The molecule has 9 heteroatoms. The number of nitrogens with zero attached hydrogens (tertiary/aromatic N) is 2. The van der Waals surface area contributed by atoms with Crippen molar-refractivity contribution in [2.45, 2.75) is 18.3 Å². The van der Waals surface area contributed by atoms with Crippen molar-refractivity contribution in [3.63, 3.8) is 0 Å². The molecule has 35 heavy (non-hydrogen) atoms. The van der Waals surface area contributed by atoms with Gasteiger partial charge in [0.25, 0.3) is 0 Å². The minimum atomic E-state index is -0.563. The molecular formula is C26H24N4O4S. The number of nitrogens with one attached hydrogen (secondary N) is 2. The highest BCUT2D eigenvalue weighted by Gasteiger charge is 2.32. The van der Waals surface area contributed by atoms with Gasteiger partial charge in [-0.1, -0.05) is 60.3 Å². The second kappa shape index (κ2) is 11.8. The van der Waals surface area contributed by atoms with Crippen LogP contribution in [-0.2, 0) is 16.2 Å². The Bertz CT molecular complexity index is 1230. The molecule has 1 aliphatic rings. The van der Waals surface area contributed by atoms with E-state index in [-0.39, 0.29) is 18.2 Å². The summed E-state index contributed by atoms with van der Waals surface area (Å²) in [6, 6.07) is 24.4. The maximum absolute atomic E-state index is 12.3. The lowest BCUT2D eigenvalue weighted by Crippen LogP contribution is -2.28. The van der Waals surface area contributed by atoms with Crippen LogP contribution in [0.25, 0.3) is 0 Å². The number of carbonyl (C=O) groups is 2. The number of anilines is 1. The highest BCUT2D eigenvalue weighted by molar-refractivity contribution is 8.15. The van der Waals surface area contributed by atoms with E-state index in [1.54, 1.807) is 31.5 Å². The molecule has 0 saturated carbocycles. The minimum Gasteiger partial charge on any atom is -0.493 e. The van der Waals surface area contributed by atoms with Crippen molar-refractivity contribution in [2.24, 2.45) is 10.2 Å². The van der Waals surface area contributed by atoms with Crippen LogP contribution in [-0.4, -0.2) is 35.6 Å². The number of hydrogen-bond acceptors (Lipinski definition) is 7. The lowest BCUT2D eigenvalue weighted by atomic mass is 10.2. The largest absolute Gasteiger partial charge is 0.493 e. The number of carbonyl (C=O) groups excluding carboxylic acids is 2. The molecule has 8 nitrogen and oxygen atoms in total. The second-order valence-electron chi connectivity index (χ2n) is 7.55. The smallest absolute Gasteiger partial charge is 0.240 e. The Hall–Kier alpha value is -4.11. The molecule has 3 aromatic rings. The van der Waals surface area contributed by atoms with Crippen molar-refractivity contribution in [3.05, 3.63) is 90.0 Å². The molecule has 2 amide bonds. The van der Waals surface area contributed by atoms with Crippen LogP contribution in [0.2, 0.25) is 0 Å². The molecule has 4 rings (SSSR count). The quantitative estimate of drug-likeness (QED) is 0.347. The van der Waals surface area contributed by atoms with Gasteiger partial charge in [-0.15, -0.1) is 5.10 Å². The van der Waals surface area contributed by atoms with Crippen LogP contribution in [0.4, 0.5) is 5.69 Å². The first-order valence-corrected chi connectivity index (χ1v) is 11.8. The zero-order valence-electron chi connectivity index (χ0n) is 19.0. The van der Waals surface area contributed by atoms with E-state index in [1.165, 1.54) is 11.8 Å². The molecule has 1 fully saturated rings. The fourth-order valence-corrected chi connectivity index (χ4v) is 4.18. The third-order valence-electron chi connectivity index (χ3n) is 4.99. The molecule has 1 aliphatic heterocycles. The summed E-state index contributed by atoms with van der Waals surface area (Å²) in [6.07, 6.45) is 1.60. The molecule has 0 aromatic heterocycles. The topological polar surface area (TPSA) is 101 Å². The van der Waals surface area contributed by atoms with Crippen LogP contribution in [0.3, 0.4) is 0 Å². The first-order valence-electron chi connectivity index (χ1n) is 10.9. The van der Waals surface area contributed by atoms with Gasteiger partial charge in [0.15, 0.2) is 16.7 Å². The summed E-state index contributed by atoms with van der Waals surface area (Å²) in [5.41, 5.74) is 2.48. The normalized spacial score (nSPS) is 16.3. The van der Waals surface area contributed by atoms with E-state index in [4.69, 9.17) is 9.47 Å². The molecule has 1 heterocycles. The molecule has 1 saturated heterocycles. The number of benzene rings is 3. The fourth-order valence-electron chi connectivity index (χ4n) is 3.26. The summed E-state index contributed by atoms with van der Waals surface area (Å²) in [6.45, 7) is 0.405. The average molecular weight is 489 g/mol. The summed E-state index contributed by atoms with van der Waals surface area (Å²) >= 11 is 1.18. The SMILES string of the molecule is COc1ccc(/C=N\N=C2\NC(=O)[C@@H](CC(=O)Nc3ccccc3)S2)cc1OCc1ccccc1. The van der Waals surface area contributed by atoms with Gasteiger partial charge >= 0.3 is 0 Å². The third-order valence-corrected chi connectivity index (χ3v) is 6.06. The van der Waals surface area contributed by atoms with Crippen LogP contribution < -0.4 is 20.1 Å². The first-order chi connectivity index (χ1) is 17.1. The predicted octanol–water partition coefficient (Wildman–Crippen LogP) is 4.22. The van der Waals surface area contributed by atoms with Gasteiger partial charge in [-0.05, 0) is 41.5 Å². The molecule has 0 bridgehead atoms. The molecule has 0 spiro atoms. The first kappa shape index (κ1) is 24.0. The summed E-state index contributed by atoms with van der Waals surface area (Å²) in [4.78, 5) is 24.5. The Kier molecular flexibility index (Phi) is 8.13. The Morgan fingerprint density at radius 3 is 2.54 bits per heavy atom. The minimum absolute atomic E-state index is 0.0364. The summed E-state index contributed by atoms with van der Waals surface area (Å²) in [5, 5.41) is 13.4. The Balaban J connectivity index is 1.34. The van der Waals surface area contributed by atoms with Crippen molar-refractivity contribution in [1.29, 1.82) is 0 Å². The van der Waals surface area contributed by atoms with Crippen molar-refractivity contribution in [3.8, 4) is 11.5 Å². The van der Waals surface area contributed by atoms with Crippen LogP contribution in [0, 0.1) is 0 Å². The van der Waals surface area contributed by atoms with Crippen molar-refractivity contribution < 1.29 is 19.1 Å². The van der Waals surface area contributed by atoms with E-state index >= 15 is 0 Å². The van der Waals surface area contributed by atoms with Gasteiger partial charge in [-0.3, -0.25) is 9.59 Å². The lowest BCUT2D eigenvalue weighted by molar-refractivity contribution is -0.122. The Morgan fingerprint density at radius 1 is 1.06 bits per heavy atom. The molecule has 1 atom stereocenters. The predicted molar refractivity (Wildman–Crippen MR) is 138 cm³/mol. The standard InChI is InChI=1S/C26H24N4O4S/c1-33-21-13-12-19(14-22(21)34-17-18-8-4-2-5-9-18)16-27-30-26-29-25(32)23(35-26)15-24(31)28-20-10-6-3-7-11-20/h2-14,16,23H,15,17H2,1H3,(H,28,31)(H,29,30,32)/b27-16-/t23-/m1/s1. The van der Waals surface area contributed by atoms with Crippen LogP contribution >= 0.6 is 11.8 Å². The molecule has 0 radical (unpaired) electrons. The van der Waals surface area contributed by atoms with Gasteiger partial charge in [0.05, 0.1) is 13.3 Å². The second-order valence-corrected chi connectivity index (χ2v) is 8.74. The van der Waals surface area contributed by atoms with Crippen LogP contribution in [0.1, 0.15) is 17.5 Å². The molecule has 3 aromatic carbocycles. The van der Waals surface area contributed by atoms with Gasteiger partial charge < -0.3 is 20.1 Å². The van der Waals surface area contributed by atoms with Gasteiger partial charge in [0.1, 0.15) is 11.9 Å². The zero-order valence-corrected chi connectivity index (χ0v) is 19.8. The third kappa shape index (κ3) is 6.94. The molecular weight excluding hydrogens is 464 g/mol. The monoisotopic (exact) mass is 488 g/mol. The lowest BCUT2D eigenvalue weighted by Gasteiger charge is -2.11. The van der Waals surface area contributed by atoms with E-state index in [9.17, 15) is 9.59 Å². The molecule has 2 N–H and O–H groups in total. The average Bonchev–Trinajstić information content (AvgIpc) is 3.22. The van der Waals surface area contributed by atoms with Crippen molar-refractivity contribution >= 4 is 40.6 Å². The number of amides is 2.